The van der Waals surface area contributed by atoms with Gasteiger partial charge in [0.2, 0.25) is 10.0 Å². The Balaban J connectivity index is 1.62. The maximum Gasteiger partial charge on any atom is 0.264 e. The standard InChI is InChI=1S/C30H30N7O4PS2/c1-16-14-43-24-13-21(25(30(38)36(16)24)18-7-6-8-20(42)11-18)17(2)37-29-26(28(31-3)32-15-33-29)27(34-37)19-9-10-23(41-4)22(12-19)35-44(5,39)40/h6-15,17,35H,42H2,1-5H3,(H,31,32,33)/t17-/m0/s1. The summed E-state index contributed by atoms with van der Waals surface area (Å²) in [6.07, 6.45) is 2.55. The van der Waals surface area contributed by atoms with Gasteiger partial charge in [-0.3, -0.25) is 13.9 Å². The topological polar surface area (TPSA) is 133 Å². The number of benzene rings is 2. The van der Waals surface area contributed by atoms with Crippen molar-refractivity contribution in [2.24, 2.45) is 0 Å². The quantitative estimate of drug-likeness (QED) is 0.228. The number of pyridine rings is 1. The molecule has 226 valence electrons. The van der Waals surface area contributed by atoms with Crippen LogP contribution in [-0.2, 0) is 10.0 Å². The van der Waals surface area contributed by atoms with Crippen LogP contribution in [0.2, 0.25) is 0 Å². The number of aryl methyl sites for hydroxylation is 1. The number of hydrogen-bond donors (Lipinski definition) is 2. The number of sulfonamides is 1. The number of fused-ring (bicyclic) bond motifs is 2. The van der Waals surface area contributed by atoms with Gasteiger partial charge in [0.1, 0.15) is 28.4 Å². The molecule has 44 heavy (non-hydrogen) atoms. The Bertz CT molecular complexity index is 2240. The van der Waals surface area contributed by atoms with Crippen molar-refractivity contribution in [1.29, 1.82) is 0 Å². The molecule has 0 aliphatic carbocycles. The second kappa shape index (κ2) is 11.3. The molecule has 11 nitrogen and oxygen atoms in total. The van der Waals surface area contributed by atoms with Crippen molar-refractivity contribution >= 4 is 63.3 Å². The molecule has 1 unspecified atom stereocenters. The Hall–Kier alpha value is -4.32. The summed E-state index contributed by atoms with van der Waals surface area (Å²) in [5.74, 6) is 0.916. The first-order valence-electron chi connectivity index (χ1n) is 13.6. The van der Waals surface area contributed by atoms with Crippen molar-refractivity contribution in [3.63, 3.8) is 0 Å². The molecule has 0 aliphatic heterocycles. The number of nitrogens with zero attached hydrogens (tertiary/aromatic N) is 5. The van der Waals surface area contributed by atoms with E-state index < -0.39 is 16.1 Å². The summed E-state index contributed by atoms with van der Waals surface area (Å²) >= 11 is 1.51. The van der Waals surface area contributed by atoms with Gasteiger partial charge in [0.25, 0.3) is 5.56 Å². The van der Waals surface area contributed by atoms with Crippen molar-refractivity contribution in [2.45, 2.75) is 19.9 Å². The van der Waals surface area contributed by atoms with E-state index in [1.54, 1.807) is 34.3 Å². The zero-order chi connectivity index (χ0) is 31.3. The van der Waals surface area contributed by atoms with Crippen LogP contribution in [0.1, 0.15) is 24.2 Å². The minimum atomic E-state index is -3.59. The van der Waals surface area contributed by atoms with E-state index >= 15 is 0 Å². The molecule has 0 saturated heterocycles. The zero-order valence-electron chi connectivity index (χ0n) is 24.6. The van der Waals surface area contributed by atoms with Crippen molar-refractivity contribution in [3.05, 3.63) is 81.8 Å². The van der Waals surface area contributed by atoms with Crippen LogP contribution in [0.15, 0.2) is 65.0 Å². The third-order valence-corrected chi connectivity index (χ3v) is 9.34. The van der Waals surface area contributed by atoms with Gasteiger partial charge in [-0.15, -0.1) is 20.6 Å². The highest BCUT2D eigenvalue weighted by Crippen LogP contribution is 2.39. The molecule has 0 amide bonds. The van der Waals surface area contributed by atoms with Crippen LogP contribution in [0.5, 0.6) is 5.75 Å². The van der Waals surface area contributed by atoms with Crippen molar-refractivity contribution in [1.82, 2.24) is 24.1 Å². The molecule has 2 N–H and O–H groups in total. The molecular formula is C30H30N7O4PS2. The van der Waals surface area contributed by atoms with Crippen molar-refractivity contribution in [2.75, 3.05) is 30.5 Å². The predicted molar refractivity (Wildman–Crippen MR) is 180 cm³/mol. The third-order valence-electron chi connectivity index (χ3n) is 7.39. The van der Waals surface area contributed by atoms with E-state index in [2.05, 4.69) is 29.2 Å². The number of aromatic nitrogens is 5. The second-order valence-electron chi connectivity index (χ2n) is 10.4. The summed E-state index contributed by atoms with van der Waals surface area (Å²) in [5, 5.41) is 11.8. The smallest absolute Gasteiger partial charge is 0.264 e. The zero-order valence-corrected chi connectivity index (χ0v) is 27.4. The van der Waals surface area contributed by atoms with Gasteiger partial charge in [-0.25, -0.2) is 23.1 Å². The summed E-state index contributed by atoms with van der Waals surface area (Å²) in [6.45, 7) is 3.91. The minimum absolute atomic E-state index is 0.104. The lowest BCUT2D eigenvalue weighted by molar-refractivity contribution is 0.417. The van der Waals surface area contributed by atoms with Crippen molar-refractivity contribution in [3.8, 4) is 28.1 Å². The number of ether oxygens (including phenoxy) is 1. The highest BCUT2D eigenvalue weighted by atomic mass is 32.2. The molecule has 14 heteroatoms. The van der Waals surface area contributed by atoms with Gasteiger partial charge in [0, 0.05) is 23.7 Å². The van der Waals surface area contributed by atoms with Crippen molar-refractivity contribution < 1.29 is 13.2 Å². The average molecular weight is 648 g/mol. The molecular weight excluding hydrogens is 617 g/mol. The lowest BCUT2D eigenvalue weighted by Gasteiger charge is -2.18. The Morgan fingerprint density at radius 1 is 1.09 bits per heavy atom. The molecule has 0 radical (unpaired) electrons. The highest BCUT2D eigenvalue weighted by Gasteiger charge is 2.26. The summed E-state index contributed by atoms with van der Waals surface area (Å²) in [4.78, 5) is 24.0. The molecule has 0 spiro atoms. The number of thiazole rings is 1. The molecule has 0 bridgehead atoms. The molecule has 0 fully saturated rings. The maximum atomic E-state index is 14.1. The van der Waals surface area contributed by atoms with E-state index in [1.165, 1.54) is 24.8 Å². The van der Waals surface area contributed by atoms with E-state index in [0.717, 1.165) is 33.2 Å². The Labute approximate surface area is 260 Å². The molecule has 2 aromatic carbocycles. The summed E-state index contributed by atoms with van der Waals surface area (Å²) in [5.41, 5.74) is 4.93. The van der Waals surface area contributed by atoms with Crippen LogP contribution >= 0.6 is 20.6 Å². The third kappa shape index (κ3) is 5.21. The fraction of sp³-hybridized carbons (Fsp3) is 0.200. The van der Waals surface area contributed by atoms with Gasteiger partial charge < -0.3 is 10.1 Å². The number of rotatable bonds is 8. The van der Waals surface area contributed by atoms with E-state index in [-0.39, 0.29) is 11.2 Å². The Morgan fingerprint density at radius 3 is 2.59 bits per heavy atom. The van der Waals surface area contributed by atoms with Crippen LogP contribution in [0.3, 0.4) is 0 Å². The molecule has 0 aliphatic rings. The second-order valence-corrected chi connectivity index (χ2v) is 13.7. The SMILES string of the molecule is CNc1ncnc2c1c(-c1ccc(OC)c(NS(C)(=O)=O)c1)nn2[C@@H](C)c1cc2scc(C)n2c(=O)c1-c1cccc(P)c1. The van der Waals surface area contributed by atoms with Crippen LogP contribution in [0.4, 0.5) is 11.5 Å². The maximum absolute atomic E-state index is 14.1. The van der Waals surface area contributed by atoms with Gasteiger partial charge in [-0.1, -0.05) is 18.2 Å². The van der Waals surface area contributed by atoms with E-state index in [0.29, 0.717) is 39.4 Å². The lowest BCUT2D eigenvalue weighted by atomic mass is 9.97. The van der Waals surface area contributed by atoms with Gasteiger partial charge >= 0.3 is 0 Å². The van der Waals surface area contributed by atoms with Crippen LogP contribution in [0, 0.1) is 6.92 Å². The normalized spacial score (nSPS) is 12.5. The van der Waals surface area contributed by atoms with Crippen LogP contribution in [-0.4, -0.2) is 53.0 Å². The fourth-order valence-corrected chi connectivity index (χ4v) is 7.21. The first kappa shape index (κ1) is 29.7. The summed E-state index contributed by atoms with van der Waals surface area (Å²) in [6, 6.07) is 14.6. The average Bonchev–Trinajstić information content (AvgIpc) is 3.56. The van der Waals surface area contributed by atoms with Gasteiger partial charge in [0.05, 0.1) is 36.0 Å². The number of anilines is 2. The van der Waals surface area contributed by atoms with Crippen LogP contribution in [0.25, 0.3) is 38.2 Å². The number of methoxy groups -OCH3 is 1. The molecule has 6 rings (SSSR count). The molecule has 0 saturated carbocycles. The summed E-state index contributed by atoms with van der Waals surface area (Å²) < 4.78 is 35.7. The minimum Gasteiger partial charge on any atom is -0.495 e. The van der Waals surface area contributed by atoms with Gasteiger partial charge in [0.15, 0.2) is 5.65 Å². The van der Waals surface area contributed by atoms with E-state index in [4.69, 9.17) is 9.84 Å². The first-order chi connectivity index (χ1) is 21.0. The van der Waals surface area contributed by atoms with E-state index in [1.807, 2.05) is 49.6 Å². The van der Waals surface area contributed by atoms with Gasteiger partial charge in [-0.2, -0.15) is 5.10 Å². The lowest BCUT2D eigenvalue weighted by Crippen LogP contribution is -2.21. The van der Waals surface area contributed by atoms with E-state index in [9.17, 15) is 13.2 Å². The number of hydrogen-bond acceptors (Lipinski definition) is 9. The molecule has 2 atom stereocenters. The number of nitrogens with one attached hydrogen (secondary N) is 2. The molecule has 4 heterocycles. The molecule has 4 aromatic heterocycles. The summed E-state index contributed by atoms with van der Waals surface area (Å²) in [7, 11) is 2.34. The Kier molecular flexibility index (Phi) is 7.64. The first-order valence-corrected chi connectivity index (χ1v) is 16.9. The largest absolute Gasteiger partial charge is 0.495 e. The monoisotopic (exact) mass is 647 g/mol. The predicted octanol–water partition coefficient (Wildman–Crippen LogP) is 4.67. The van der Waals surface area contributed by atoms with Gasteiger partial charge in [-0.05, 0) is 60.6 Å². The fourth-order valence-electron chi connectivity index (χ4n) is 5.44. The molecule has 6 aromatic rings. The highest BCUT2D eigenvalue weighted by molar-refractivity contribution is 7.92. The van der Waals surface area contributed by atoms with Crippen LogP contribution < -0.4 is 25.6 Å². The Morgan fingerprint density at radius 2 is 1.89 bits per heavy atom.